The van der Waals surface area contributed by atoms with Gasteiger partial charge >= 0.3 is 0 Å². The summed E-state index contributed by atoms with van der Waals surface area (Å²) in [5.41, 5.74) is 5.45. The van der Waals surface area contributed by atoms with E-state index >= 15 is 0 Å². The minimum atomic E-state index is -0.450. The van der Waals surface area contributed by atoms with Crippen molar-refractivity contribution < 1.29 is 4.79 Å². The fourth-order valence-corrected chi connectivity index (χ4v) is 2.38. The molecule has 0 fully saturated rings. The van der Waals surface area contributed by atoms with E-state index in [9.17, 15) is 4.79 Å². The Bertz CT molecular complexity index is 376. The van der Waals surface area contributed by atoms with Crippen LogP contribution in [-0.2, 0) is 0 Å². The molecular weight excluding hydrogens is 255 g/mol. The lowest BCUT2D eigenvalue weighted by Gasteiger charge is -2.23. The molecule has 0 radical (unpaired) electrons. The van der Waals surface area contributed by atoms with Crippen LogP contribution in [0.25, 0.3) is 0 Å². The number of amides is 1. The average Bonchev–Trinajstić information content (AvgIpc) is 2.45. The zero-order valence-corrected chi connectivity index (χ0v) is 10.8. The summed E-state index contributed by atoms with van der Waals surface area (Å²) in [6.45, 7) is 4.04. The first kappa shape index (κ1) is 12.8. The predicted molar refractivity (Wildman–Crippen MR) is 64.9 cm³/mol. The van der Waals surface area contributed by atoms with Crippen molar-refractivity contribution >= 4 is 40.4 Å². The van der Waals surface area contributed by atoms with E-state index in [1.54, 1.807) is 6.07 Å². The van der Waals surface area contributed by atoms with E-state index in [0.29, 0.717) is 20.8 Å². The second-order valence-electron chi connectivity index (χ2n) is 3.78. The molecule has 84 valence electrons. The van der Waals surface area contributed by atoms with Gasteiger partial charge in [0.2, 0.25) is 0 Å². The highest BCUT2D eigenvalue weighted by atomic mass is 35.5. The van der Waals surface area contributed by atoms with Crippen molar-refractivity contribution in [3.05, 3.63) is 20.3 Å². The number of halogens is 2. The number of thiophene rings is 1. The van der Waals surface area contributed by atoms with Crippen LogP contribution >= 0.6 is 34.5 Å². The van der Waals surface area contributed by atoms with Gasteiger partial charge in [0.25, 0.3) is 5.91 Å². The number of hydrogen-bond donors (Lipinski definition) is 2. The Balaban J connectivity index is 2.82. The smallest absolute Gasteiger partial charge is 0.254 e. The first-order valence-electron chi connectivity index (χ1n) is 4.33. The van der Waals surface area contributed by atoms with Gasteiger partial charge in [-0.3, -0.25) is 4.79 Å². The molecule has 0 aliphatic heterocycles. The second-order valence-corrected chi connectivity index (χ2v) is 6.07. The third-order valence-corrected chi connectivity index (χ3v) is 3.35. The number of rotatable bonds is 3. The first-order valence-corrected chi connectivity index (χ1v) is 5.90. The topological polar surface area (TPSA) is 55.1 Å². The summed E-state index contributed by atoms with van der Waals surface area (Å²) in [7, 11) is 0. The predicted octanol–water partition coefficient (Wildman–Crippen LogP) is 2.52. The molecule has 0 saturated heterocycles. The van der Waals surface area contributed by atoms with Crippen LogP contribution in [0.2, 0.25) is 8.67 Å². The lowest BCUT2D eigenvalue weighted by atomic mass is 10.1. The molecule has 1 heterocycles. The van der Waals surface area contributed by atoms with E-state index in [4.69, 9.17) is 28.9 Å². The molecule has 0 aliphatic rings. The molecule has 1 aromatic heterocycles. The maximum absolute atomic E-state index is 11.8. The van der Waals surface area contributed by atoms with Gasteiger partial charge in [-0.05, 0) is 19.9 Å². The van der Waals surface area contributed by atoms with Crippen LogP contribution in [0.3, 0.4) is 0 Å². The van der Waals surface area contributed by atoms with Crippen LogP contribution in [0.1, 0.15) is 24.2 Å². The minimum absolute atomic E-state index is 0.251. The van der Waals surface area contributed by atoms with Gasteiger partial charge in [-0.15, -0.1) is 11.3 Å². The van der Waals surface area contributed by atoms with Gasteiger partial charge in [0.15, 0.2) is 0 Å². The third kappa shape index (κ3) is 3.34. The van der Waals surface area contributed by atoms with Gasteiger partial charge in [0, 0.05) is 12.1 Å². The highest BCUT2D eigenvalue weighted by Gasteiger charge is 2.22. The summed E-state index contributed by atoms with van der Waals surface area (Å²) in [6, 6.07) is 1.55. The fourth-order valence-electron chi connectivity index (χ4n) is 0.921. The molecule has 6 heteroatoms. The highest BCUT2D eigenvalue weighted by Crippen LogP contribution is 2.31. The van der Waals surface area contributed by atoms with Crippen molar-refractivity contribution in [2.24, 2.45) is 5.73 Å². The first-order chi connectivity index (χ1) is 6.85. The molecule has 1 rings (SSSR count). The summed E-state index contributed by atoms with van der Waals surface area (Å²) < 4.78 is 0.890. The molecule has 1 aromatic rings. The summed E-state index contributed by atoms with van der Waals surface area (Å²) >= 11 is 12.8. The maximum Gasteiger partial charge on any atom is 0.254 e. The Hall–Kier alpha value is -0.290. The van der Waals surface area contributed by atoms with Crippen molar-refractivity contribution in [3.63, 3.8) is 0 Å². The molecule has 0 atom stereocenters. The number of carbonyl (C=O) groups is 1. The summed E-state index contributed by atoms with van der Waals surface area (Å²) in [5, 5.41) is 2.78. The molecular formula is C9H12Cl2N2OS. The molecule has 0 spiro atoms. The van der Waals surface area contributed by atoms with Gasteiger partial charge in [0.05, 0.1) is 9.90 Å². The van der Waals surface area contributed by atoms with Crippen molar-refractivity contribution in [3.8, 4) is 0 Å². The van der Waals surface area contributed by atoms with Crippen molar-refractivity contribution in [2.75, 3.05) is 6.54 Å². The fraction of sp³-hybridized carbons (Fsp3) is 0.444. The number of hydrogen-bond acceptors (Lipinski definition) is 3. The Kier molecular flexibility index (Phi) is 4.00. The van der Waals surface area contributed by atoms with Crippen LogP contribution in [-0.4, -0.2) is 18.0 Å². The molecule has 0 aromatic carbocycles. The van der Waals surface area contributed by atoms with Gasteiger partial charge in [-0.2, -0.15) is 0 Å². The molecule has 3 nitrogen and oxygen atoms in total. The quantitative estimate of drug-likeness (QED) is 0.884. The van der Waals surface area contributed by atoms with Crippen molar-refractivity contribution in [1.82, 2.24) is 5.32 Å². The van der Waals surface area contributed by atoms with Gasteiger partial charge in [-0.25, -0.2) is 0 Å². The molecule has 1 amide bonds. The molecule has 15 heavy (non-hydrogen) atoms. The third-order valence-electron chi connectivity index (χ3n) is 1.86. The van der Waals surface area contributed by atoms with E-state index in [1.807, 2.05) is 13.8 Å². The summed E-state index contributed by atoms with van der Waals surface area (Å²) in [6.07, 6.45) is 0. The van der Waals surface area contributed by atoms with E-state index in [-0.39, 0.29) is 5.91 Å². The average molecular weight is 267 g/mol. The molecule has 0 saturated carbocycles. The SMILES string of the molecule is CC(C)(CN)NC(=O)c1cc(Cl)sc1Cl. The molecule has 0 bridgehead atoms. The number of nitrogens with two attached hydrogens (primary N) is 1. The van der Waals surface area contributed by atoms with Crippen LogP contribution in [0.15, 0.2) is 6.07 Å². The van der Waals surface area contributed by atoms with Gasteiger partial charge < -0.3 is 11.1 Å². The Morgan fingerprint density at radius 1 is 1.60 bits per heavy atom. The number of nitrogens with one attached hydrogen (secondary N) is 1. The highest BCUT2D eigenvalue weighted by molar-refractivity contribution is 7.20. The van der Waals surface area contributed by atoms with E-state index < -0.39 is 5.54 Å². The molecule has 0 unspecified atom stereocenters. The zero-order chi connectivity index (χ0) is 11.6. The Labute approximate surface area is 103 Å². The van der Waals surface area contributed by atoms with Crippen LogP contribution in [0.5, 0.6) is 0 Å². The normalized spacial score (nSPS) is 11.5. The monoisotopic (exact) mass is 266 g/mol. The molecule has 3 N–H and O–H groups in total. The summed E-state index contributed by atoms with van der Waals surface area (Å²) in [5.74, 6) is -0.251. The van der Waals surface area contributed by atoms with E-state index in [1.165, 1.54) is 11.3 Å². The van der Waals surface area contributed by atoms with Crippen molar-refractivity contribution in [1.29, 1.82) is 0 Å². The standard InChI is InChI=1S/C9H12Cl2N2OS/c1-9(2,4-12)13-8(14)5-3-6(10)15-7(5)11/h3H,4,12H2,1-2H3,(H,13,14). The Morgan fingerprint density at radius 2 is 2.20 bits per heavy atom. The Morgan fingerprint density at radius 3 is 2.60 bits per heavy atom. The number of carbonyl (C=O) groups excluding carboxylic acids is 1. The lowest BCUT2D eigenvalue weighted by molar-refractivity contribution is 0.0916. The van der Waals surface area contributed by atoms with E-state index in [0.717, 1.165) is 0 Å². The second kappa shape index (κ2) is 4.70. The largest absolute Gasteiger partial charge is 0.346 e. The lowest BCUT2D eigenvalue weighted by Crippen LogP contribution is -2.48. The van der Waals surface area contributed by atoms with Crippen LogP contribution < -0.4 is 11.1 Å². The van der Waals surface area contributed by atoms with Gasteiger partial charge in [-0.1, -0.05) is 23.2 Å². The van der Waals surface area contributed by atoms with Gasteiger partial charge in [0.1, 0.15) is 4.34 Å². The zero-order valence-electron chi connectivity index (χ0n) is 8.43. The van der Waals surface area contributed by atoms with Crippen LogP contribution in [0, 0.1) is 0 Å². The van der Waals surface area contributed by atoms with Crippen molar-refractivity contribution in [2.45, 2.75) is 19.4 Å². The maximum atomic E-state index is 11.8. The van der Waals surface area contributed by atoms with E-state index in [2.05, 4.69) is 5.32 Å². The summed E-state index contributed by atoms with van der Waals surface area (Å²) in [4.78, 5) is 11.8. The van der Waals surface area contributed by atoms with Crippen LogP contribution in [0.4, 0.5) is 0 Å². The minimum Gasteiger partial charge on any atom is -0.346 e. The molecule has 0 aliphatic carbocycles.